The summed E-state index contributed by atoms with van der Waals surface area (Å²) in [5.41, 5.74) is 3.00. The number of aromatic nitrogens is 2. The summed E-state index contributed by atoms with van der Waals surface area (Å²) in [6.07, 6.45) is 9.76. The second kappa shape index (κ2) is 6.99. The average Bonchev–Trinajstić information content (AvgIpc) is 2.98. The molecule has 0 aromatic carbocycles. The van der Waals surface area contributed by atoms with Crippen LogP contribution in [0.4, 0.5) is 0 Å². The van der Waals surface area contributed by atoms with Crippen LogP contribution in [0.25, 0.3) is 0 Å². The number of rotatable bonds is 4. The Morgan fingerprint density at radius 3 is 2.62 bits per heavy atom. The van der Waals surface area contributed by atoms with E-state index < -0.39 is 0 Å². The molecule has 2 aliphatic rings. The fourth-order valence-corrected chi connectivity index (χ4v) is 4.41. The number of likely N-dealkylation sites (tertiary alicyclic amines) is 2. The maximum atomic E-state index is 4.50. The van der Waals surface area contributed by atoms with Crippen LogP contribution in [0.5, 0.6) is 0 Å². The van der Waals surface area contributed by atoms with Crippen LogP contribution in [-0.2, 0) is 13.1 Å². The highest BCUT2D eigenvalue weighted by Crippen LogP contribution is 2.39. The third-order valence-electron chi connectivity index (χ3n) is 5.50. The van der Waals surface area contributed by atoms with Crippen LogP contribution in [0, 0.1) is 5.41 Å². The van der Waals surface area contributed by atoms with Gasteiger partial charge in [-0.1, -0.05) is 12.1 Å². The van der Waals surface area contributed by atoms with Gasteiger partial charge in [0.1, 0.15) is 0 Å². The largest absolute Gasteiger partial charge is 0.298 e. The molecule has 0 N–H and O–H groups in total. The Labute approximate surface area is 144 Å². The van der Waals surface area contributed by atoms with Crippen molar-refractivity contribution in [3.63, 3.8) is 0 Å². The minimum absolute atomic E-state index is 0.481. The summed E-state index contributed by atoms with van der Waals surface area (Å²) in [6.45, 7) is 6.89. The average molecular weight is 322 g/mol. The summed E-state index contributed by atoms with van der Waals surface area (Å²) in [6, 6.07) is 10.5. The standard InChI is InChI=1S/C20H26N4/c1-2-10-22-19(6-1)15-23-11-4-7-20(16-23)8-12-24(17-20)14-18-5-3-9-21-13-18/h1-3,5-6,9-10,13H,4,7-8,11-12,14-17H2/t20-/m1/s1. The zero-order chi connectivity index (χ0) is 16.2. The summed E-state index contributed by atoms with van der Waals surface area (Å²) in [5.74, 6) is 0. The number of nitrogens with zero attached hydrogens (tertiary/aromatic N) is 4. The quantitative estimate of drug-likeness (QED) is 0.866. The molecule has 4 nitrogen and oxygen atoms in total. The summed E-state index contributed by atoms with van der Waals surface area (Å²) in [5, 5.41) is 0. The first-order valence-corrected chi connectivity index (χ1v) is 9.05. The van der Waals surface area contributed by atoms with Gasteiger partial charge in [0.15, 0.2) is 0 Å². The minimum atomic E-state index is 0.481. The van der Waals surface area contributed by atoms with E-state index in [0.717, 1.165) is 13.1 Å². The van der Waals surface area contributed by atoms with Gasteiger partial charge in [0.2, 0.25) is 0 Å². The van der Waals surface area contributed by atoms with E-state index in [1.165, 1.54) is 56.7 Å². The monoisotopic (exact) mass is 322 g/mol. The van der Waals surface area contributed by atoms with Crippen LogP contribution in [0.15, 0.2) is 48.9 Å². The Bertz CT molecular complexity index is 645. The summed E-state index contributed by atoms with van der Waals surface area (Å²) < 4.78 is 0. The third kappa shape index (κ3) is 3.65. The van der Waals surface area contributed by atoms with Gasteiger partial charge in [-0.2, -0.15) is 0 Å². The van der Waals surface area contributed by atoms with Gasteiger partial charge in [0.25, 0.3) is 0 Å². The number of pyridine rings is 2. The molecule has 4 rings (SSSR count). The zero-order valence-corrected chi connectivity index (χ0v) is 14.3. The molecule has 2 aromatic heterocycles. The van der Waals surface area contributed by atoms with Crippen LogP contribution in [0.3, 0.4) is 0 Å². The van der Waals surface area contributed by atoms with E-state index >= 15 is 0 Å². The summed E-state index contributed by atoms with van der Waals surface area (Å²) in [7, 11) is 0. The molecule has 2 aliphatic heterocycles. The fourth-order valence-electron chi connectivity index (χ4n) is 4.41. The van der Waals surface area contributed by atoms with Crippen molar-refractivity contribution in [2.24, 2.45) is 5.41 Å². The van der Waals surface area contributed by atoms with Gasteiger partial charge >= 0.3 is 0 Å². The van der Waals surface area contributed by atoms with E-state index in [4.69, 9.17) is 0 Å². The zero-order valence-electron chi connectivity index (χ0n) is 14.3. The highest BCUT2D eigenvalue weighted by molar-refractivity contribution is 5.09. The second-order valence-corrected chi connectivity index (χ2v) is 7.46. The van der Waals surface area contributed by atoms with Gasteiger partial charge in [-0.05, 0) is 61.5 Å². The van der Waals surface area contributed by atoms with Crippen molar-refractivity contribution < 1.29 is 0 Å². The second-order valence-electron chi connectivity index (χ2n) is 7.46. The molecule has 1 spiro atoms. The van der Waals surface area contributed by atoms with Crippen LogP contribution in [-0.4, -0.2) is 45.9 Å². The molecule has 24 heavy (non-hydrogen) atoms. The van der Waals surface area contributed by atoms with E-state index in [1.807, 2.05) is 30.7 Å². The lowest BCUT2D eigenvalue weighted by atomic mass is 9.79. The van der Waals surface area contributed by atoms with Gasteiger partial charge in [-0.25, -0.2) is 0 Å². The third-order valence-corrected chi connectivity index (χ3v) is 5.50. The molecular weight excluding hydrogens is 296 g/mol. The number of piperidine rings is 1. The molecule has 4 heterocycles. The van der Waals surface area contributed by atoms with Crippen molar-refractivity contribution in [3.05, 3.63) is 60.2 Å². The lowest BCUT2D eigenvalue weighted by Gasteiger charge is -2.40. The first kappa shape index (κ1) is 15.7. The van der Waals surface area contributed by atoms with Crippen molar-refractivity contribution in [1.29, 1.82) is 0 Å². The van der Waals surface area contributed by atoms with E-state index in [1.54, 1.807) is 0 Å². The van der Waals surface area contributed by atoms with Gasteiger partial charge < -0.3 is 0 Å². The SMILES string of the molecule is c1ccc(CN2CCC[C@@]3(CCN(Cc4cccnc4)C3)C2)nc1. The predicted molar refractivity (Wildman–Crippen MR) is 95.3 cm³/mol. The van der Waals surface area contributed by atoms with E-state index in [0.29, 0.717) is 5.41 Å². The smallest absolute Gasteiger partial charge is 0.0543 e. The molecule has 2 saturated heterocycles. The molecule has 0 aliphatic carbocycles. The van der Waals surface area contributed by atoms with Crippen LogP contribution >= 0.6 is 0 Å². The number of hydrogen-bond acceptors (Lipinski definition) is 4. The van der Waals surface area contributed by atoms with Gasteiger partial charge in [0, 0.05) is 44.8 Å². The summed E-state index contributed by atoms with van der Waals surface area (Å²) in [4.78, 5) is 14.0. The molecule has 126 valence electrons. The molecule has 0 bridgehead atoms. The van der Waals surface area contributed by atoms with Crippen LogP contribution in [0.1, 0.15) is 30.5 Å². The molecule has 0 unspecified atom stereocenters. The van der Waals surface area contributed by atoms with Crippen molar-refractivity contribution in [2.75, 3.05) is 26.2 Å². The Morgan fingerprint density at radius 2 is 1.83 bits per heavy atom. The van der Waals surface area contributed by atoms with Gasteiger partial charge in [0.05, 0.1) is 5.69 Å². The molecule has 0 amide bonds. The Balaban J connectivity index is 1.37. The van der Waals surface area contributed by atoms with Crippen LogP contribution in [0.2, 0.25) is 0 Å². The topological polar surface area (TPSA) is 32.3 Å². The van der Waals surface area contributed by atoms with Gasteiger partial charge in [-0.3, -0.25) is 19.8 Å². The normalized spacial score (nSPS) is 25.3. The minimum Gasteiger partial charge on any atom is -0.298 e. The van der Waals surface area contributed by atoms with E-state index in [2.05, 4.69) is 38.0 Å². The molecule has 0 radical (unpaired) electrons. The Kier molecular flexibility index (Phi) is 4.58. The maximum absolute atomic E-state index is 4.50. The van der Waals surface area contributed by atoms with Crippen molar-refractivity contribution in [2.45, 2.75) is 32.4 Å². The Hall–Kier alpha value is -1.78. The van der Waals surface area contributed by atoms with Crippen molar-refractivity contribution >= 4 is 0 Å². The Morgan fingerprint density at radius 1 is 0.917 bits per heavy atom. The van der Waals surface area contributed by atoms with Crippen LogP contribution < -0.4 is 0 Å². The lowest BCUT2D eigenvalue weighted by molar-refractivity contribution is 0.0857. The molecular formula is C20H26N4. The molecule has 1 atom stereocenters. The van der Waals surface area contributed by atoms with Crippen molar-refractivity contribution in [1.82, 2.24) is 19.8 Å². The van der Waals surface area contributed by atoms with Gasteiger partial charge in [-0.15, -0.1) is 0 Å². The van der Waals surface area contributed by atoms with E-state index in [9.17, 15) is 0 Å². The summed E-state index contributed by atoms with van der Waals surface area (Å²) >= 11 is 0. The molecule has 2 aromatic rings. The molecule has 2 fully saturated rings. The molecule has 4 heteroatoms. The highest BCUT2D eigenvalue weighted by Gasteiger charge is 2.41. The number of hydrogen-bond donors (Lipinski definition) is 0. The maximum Gasteiger partial charge on any atom is 0.0543 e. The first-order valence-electron chi connectivity index (χ1n) is 9.05. The predicted octanol–water partition coefficient (Wildman–Crippen LogP) is 2.96. The lowest BCUT2D eigenvalue weighted by Crippen LogP contribution is -2.44. The highest BCUT2D eigenvalue weighted by atomic mass is 15.2. The van der Waals surface area contributed by atoms with Crippen molar-refractivity contribution in [3.8, 4) is 0 Å². The van der Waals surface area contributed by atoms with E-state index in [-0.39, 0.29) is 0 Å². The fraction of sp³-hybridized carbons (Fsp3) is 0.500. The first-order chi connectivity index (χ1) is 11.8. The molecule has 0 saturated carbocycles.